The van der Waals surface area contributed by atoms with E-state index in [1.54, 1.807) is 6.20 Å². The van der Waals surface area contributed by atoms with Gasteiger partial charge in [-0.15, -0.1) is 0 Å². The zero-order valence-electron chi connectivity index (χ0n) is 12.6. The van der Waals surface area contributed by atoms with Gasteiger partial charge in [0, 0.05) is 30.9 Å². The molecule has 0 unspecified atom stereocenters. The second kappa shape index (κ2) is 6.52. The molecule has 0 aliphatic heterocycles. The first kappa shape index (κ1) is 14.5. The molecule has 0 amide bonds. The zero-order valence-corrected chi connectivity index (χ0v) is 12.6. The van der Waals surface area contributed by atoms with Gasteiger partial charge in [-0.2, -0.15) is 5.10 Å². The first-order valence-electron chi connectivity index (χ1n) is 6.98. The van der Waals surface area contributed by atoms with Crippen LogP contribution in [-0.2, 0) is 13.1 Å². The summed E-state index contributed by atoms with van der Waals surface area (Å²) in [6, 6.07) is 4.49. The molecule has 2 rings (SSSR count). The lowest BCUT2D eigenvalue weighted by molar-refractivity contribution is 0.458. The normalized spacial score (nSPS) is 11.1. The average Bonchev–Trinajstić information content (AvgIpc) is 2.83. The molecule has 0 spiro atoms. The molecular formula is C15H22N4O. The molecule has 5 nitrogen and oxygen atoms in total. The van der Waals surface area contributed by atoms with Crippen LogP contribution in [0, 0.1) is 6.92 Å². The van der Waals surface area contributed by atoms with Crippen molar-refractivity contribution in [2.45, 2.75) is 46.8 Å². The van der Waals surface area contributed by atoms with Crippen LogP contribution in [0.2, 0.25) is 0 Å². The van der Waals surface area contributed by atoms with Gasteiger partial charge in [-0.05, 0) is 25.5 Å². The maximum absolute atomic E-state index is 5.77. The van der Waals surface area contributed by atoms with Gasteiger partial charge in [-0.1, -0.05) is 13.8 Å². The Morgan fingerprint density at radius 1 is 1.35 bits per heavy atom. The molecular weight excluding hydrogens is 252 g/mol. The number of nitrogens with one attached hydrogen (secondary N) is 1. The van der Waals surface area contributed by atoms with Crippen LogP contribution in [0.15, 0.2) is 24.5 Å². The van der Waals surface area contributed by atoms with E-state index in [1.165, 1.54) is 5.56 Å². The Hall–Kier alpha value is -1.88. The maximum atomic E-state index is 5.77. The summed E-state index contributed by atoms with van der Waals surface area (Å²) >= 11 is 0. The molecule has 0 radical (unpaired) electrons. The van der Waals surface area contributed by atoms with E-state index in [9.17, 15) is 0 Å². The minimum Gasteiger partial charge on any atom is -0.436 e. The fourth-order valence-electron chi connectivity index (χ4n) is 1.87. The van der Waals surface area contributed by atoms with Crippen LogP contribution < -0.4 is 10.1 Å². The Morgan fingerprint density at radius 2 is 2.15 bits per heavy atom. The van der Waals surface area contributed by atoms with Crippen molar-refractivity contribution in [1.29, 1.82) is 0 Å². The Kier molecular flexibility index (Phi) is 4.74. The average molecular weight is 274 g/mol. The predicted molar refractivity (Wildman–Crippen MR) is 78.9 cm³/mol. The first-order chi connectivity index (χ1) is 9.56. The molecule has 0 aliphatic carbocycles. The highest BCUT2D eigenvalue weighted by molar-refractivity contribution is 5.28. The fraction of sp³-hybridized carbons (Fsp3) is 0.467. The number of nitrogens with zero attached hydrogens (tertiary/aromatic N) is 3. The summed E-state index contributed by atoms with van der Waals surface area (Å²) in [6.45, 7) is 9.91. The van der Waals surface area contributed by atoms with Gasteiger partial charge in [0.15, 0.2) is 5.75 Å². The number of aryl methyl sites for hydroxylation is 2. The number of ether oxygens (including phenoxy) is 1. The lowest BCUT2D eigenvalue weighted by atomic mass is 10.2. The van der Waals surface area contributed by atoms with E-state index in [4.69, 9.17) is 4.74 Å². The topological polar surface area (TPSA) is 52.0 Å². The molecule has 0 fully saturated rings. The highest BCUT2D eigenvalue weighted by Crippen LogP contribution is 2.20. The minimum absolute atomic E-state index is 0.454. The van der Waals surface area contributed by atoms with E-state index >= 15 is 0 Å². The summed E-state index contributed by atoms with van der Waals surface area (Å²) in [4.78, 5) is 4.40. The van der Waals surface area contributed by atoms with Gasteiger partial charge in [-0.25, -0.2) is 4.98 Å². The summed E-state index contributed by atoms with van der Waals surface area (Å²) in [5.74, 6) is 1.33. The third-order valence-electron chi connectivity index (χ3n) is 2.86. The fourth-order valence-corrected chi connectivity index (χ4v) is 1.87. The Balaban J connectivity index is 2.10. The largest absolute Gasteiger partial charge is 0.436 e. The molecule has 2 aromatic rings. The molecule has 0 bridgehead atoms. The molecule has 20 heavy (non-hydrogen) atoms. The number of aromatic nitrogens is 3. The van der Waals surface area contributed by atoms with Crippen molar-refractivity contribution in [3.63, 3.8) is 0 Å². The molecule has 0 aromatic carbocycles. The smallest absolute Gasteiger partial charge is 0.219 e. The molecule has 0 atom stereocenters. The first-order valence-corrected chi connectivity index (χ1v) is 6.98. The van der Waals surface area contributed by atoms with Crippen LogP contribution in [0.3, 0.4) is 0 Å². The predicted octanol–water partition coefficient (Wildman–Crippen LogP) is 2.90. The van der Waals surface area contributed by atoms with Gasteiger partial charge in [0.2, 0.25) is 5.88 Å². The van der Waals surface area contributed by atoms with E-state index in [2.05, 4.69) is 35.3 Å². The Labute approximate surface area is 120 Å². The second-order valence-electron chi connectivity index (χ2n) is 5.12. The Morgan fingerprint density at radius 3 is 2.80 bits per heavy atom. The van der Waals surface area contributed by atoms with E-state index in [1.807, 2.05) is 30.8 Å². The van der Waals surface area contributed by atoms with Gasteiger partial charge in [0.05, 0.1) is 12.4 Å². The second-order valence-corrected chi connectivity index (χ2v) is 5.12. The van der Waals surface area contributed by atoms with E-state index in [0.717, 1.165) is 18.8 Å². The van der Waals surface area contributed by atoms with Crippen LogP contribution >= 0.6 is 0 Å². The van der Waals surface area contributed by atoms with E-state index in [0.29, 0.717) is 17.7 Å². The SMILES string of the molecule is CCn1cc(Oc2cc(CNC(C)C)cc(C)n2)cn1. The lowest BCUT2D eigenvalue weighted by Gasteiger charge is -2.10. The molecule has 2 heterocycles. The van der Waals surface area contributed by atoms with Gasteiger partial charge in [0.25, 0.3) is 0 Å². The van der Waals surface area contributed by atoms with Crippen molar-refractivity contribution < 1.29 is 4.74 Å². The summed E-state index contributed by atoms with van der Waals surface area (Å²) < 4.78 is 7.59. The van der Waals surface area contributed by atoms with Crippen molar-refractivity contribution in [3.8, 4) is 11.6 Å². The molecule has 0 saturated carbocycles. The van der Waals surface area contributed by atoms with E-state index in [-0.39, 0.29) is 0 Å². The van der Waals surface area contributed by atoms with Crippen molar-refractivity contribution in [3.05, 3.63) is 35.8 Å². The van der Waals surface area contributed by atoms with Crippen molar-refractivity contribution in [1.82, 2.24) is 20.1 Å². The number of hydrogen-bond acceptors (Lipinski definition) is 4. The Bertz CT molecular complexity index is 563. The lowest BCUT2D eigenvalue weighted by Crippen LogP contribution is -2.21. The molecule has 5 heteroatoms. The third kappa shape index (κ3) is 4.06. The van der Waals surface area contributed by atoms with Crippen LogP contribution in [0.4, 0.5) is 0 Å². The van der Waals surface area contributed by atoms with Gasteiger partial charge in [-0.3, -0.25) is 4.68 Å². The number of pyridine rings is 1. The zero-order chi connectivity index (χ0) is 14.5. The highest BCUT2D eigenvalue weighted by atomic mass is 16.5. The standard InChI is InChI=1S/C15H22N4O/c1-5-19-10-14(9-17-19)20-15-7-13(6-12(4)18-15)8-16-11(2)3/h6-7,9-11,16H,5,8H2,1-4H3. The number of hydrogen-bond donors (Lipinski definition) is 1. The quantitative estimate of drug-likeness (QED) is 0.880. The highest BCUT2D eigenvalue weighted by Gasteiger charge is 2.05. The molecule has 1 N–H and O–H groups in total. The summed E-state index contributed by atoms with van der Waals surface area (Å²) in [6.07, 6.45) is 3.58. The number of rotatable bonds is 6. The van der Waals surface area contributed by atoms with E-state index < -0.39 is 0 Å². The maximum Gasteiger partial charge on any atom is 0.219 e. The molecule has 108 valence electrons. The van der Waals surface area contributed by atoms with Crippen molar-refractivity contribution in [2.24, 2.45) is 0 Å². The third-order valence-corrected chi connectivity index (χ3v) is 2.86. The van der Waals surface area contributed by atoms with Crippen molar-refractivity contribution >= 4 is 0 Å². The summed E-state index contributed by atoms with van der Waals surface area (Å²) in [5.41, 5.74) is 2.12. The summed E-state index contributed by atoms with van der Waals surface area (Å²) in [5, 5.41) is 7.58. The molecule has 0 saturated heterocycles. The van der Waals surface area contributed by atoms with Gasteiger partial charge < -0.3 is 10.1 Å². The van der Waals surface area contributed by atoms with Crippen LogP contribution in [0.5, 0.6) is 11.6 Å². The van der Waals surface area contributed by atoms with Crippen molar-refractivity contribution in [2.75, 3.05) is 0 Å². The monoisotopic (exact) mass is 274 g/mol. The van der Waals surface area contributed by atoms with Gasteiger partial charge in [0.1, 0.15) is 0 Å². The van der Waals surface area contributed by atoms with Gasteiger partial charge >= 0.3 is 0 Å². The molecule has 2 aromatic heterocycles. The summed E-state index contributed by atoms with van der Waals surface area (Å²) in [7, 11) is 0. The van der Waals surface area contributed by atoms with Crippen LogP contribution in [0.25, 0.3) is 0 Å². The van der Waals surface area contributed by atoms with Crippen LogP contribution in [0.1, 0.15) is 32.0 Å². The van der Waals surface area contributed by atoms with Crippen LogP contribution in [-0.4, -0.2) is 20.8 Å². The molecule has 0 aliphatic rings. The minimum atomic E-state index is 0.454.